The molecule has 0 fully saturated rings. The van der Waals surface area contributed by atoms with Gasteiger partial charge in [-0.25, -0.2) is 5.43 Å². The van der Waals surface area contributed by atoms with E-state index in [1.165, 1.54) is 11.8 Å². The summed E-state index contributed by atoms with van der Waals surface area (Å²) in [6.07, 6.45) is 0. The maximum Gasteiger partial charge on any atom is 0.250 e. The quantitative estimate of drug-likeness (QED) is 0.286. The molecule has 1 heterocycles. The maximum absolute atomic E-state index is 12.2. The Balaban J connectivity index is 1.63. The summed E-state index contributed by atoms with van der Waals surface area (Å²) in [5.74, 6) is 0.729. The molecule has 0 bridgehead atoms. The highest BCUT2D eigenvalue weighted by atomic mass is 79.9. The fraction of sp³-hybridized carbons (Fsp3) is 0.200. The number of benzene rings is 2. The Kier molecular flexibility index (Phi) is 7.46. The molecule has 2 aromatic carbocycles. The minimum Gasteiger partial charge on any atom is -0.302 e. The van der Waals surface area contributed by atoms with Gasteiger partial charge in [-0.05, 0) is 55.8 Å². The van der Waals surface area contributed by atoms with Crippen molar-refractivity contribution < 1.29 is 4.79 Å². The number of hydrazone groups is 1. The first-order chi connectivity index (χ1) is 14.0. The van der Waals surface area contributed by atoms with Gasteiger partial charge >= 0.3 is 0 Å². The number of nitrogens with zero attached hydrogens (tertiary/aromatic N) is 4. The van der Waals surface area contributed by atoms with Crippen molar-refractivity contribution >= 4 is 50.9 Å². The summed E-state index contributed by atoms with van der Waals surface area (Å²) < 4.78 is 2.93. The van der Waals surface area contributed by atoms with Gasteiger partial charge in [0.1, 0.15) is 0 Å². The lowest BCUT2D eigenvalue weighted by Gasteiger charge is -2.07. The molecular formula is C20H19BrClN5OS. The Labute approximate surface area is 186 Å². The molecule has 0 aliphatic rings. The second-order valence-corrected chi connectivity index (χ2v) is 8.38. The van der Waals surface area contributed by atoms with Crippen molar-refractivity contribution in [3.05, 3.63) is 63.6 Å². The van der Waals surface area contributed by atoms with Crippen LogP contribution in [0.1, 0.15) is 19.4 Å². The summed E-state index contributed by atoms with van der Waals surface area (Å²) in [7, 11) is 0. The Bertz CT molecular complexity index is 1040. The van der Waals surface area contributed by atoms with Gasteiger partial charge in [-0.3, -0.25) is 4.79 Å². The molecule has 0 radical (unpaired) electrons. The first kappa shape index (κ1) is 21.5. The number of carbonyl (C=O) groups is 1. The molecule has 29 heavy (non-hydrogen) atoms. The normalized spacial score (nSPS) is 11.5. The van der Waals surface area contributed by atoms with Gasteiger partial charge in [-0.15, -0.1) is 10.2 Å². The summed E-state index contributed by atoms with van der Waals surface area (Å²) in [5, 5.41) is 14.0. The summed E-state index contributed by atoms with van der Waals surface area (Å²) >= 11 is 10.7. The molecule has 6 nitrogen and oxygen atoms in total. The molecule has 1 aromatic heterocycles. The van der Waals surface area contributed by atoms with Crippen LogP contribution in [-0.2, 0) is 11.3 Å². The Hall–Kier alpha value is -2.16. The second-order valence-electron chi connectivity index (χ2n) is 6.09. The topological polar surface area (TPSA) is 72.2 Å². The van der Waals surface area contributed by atoms with Crippen LogP contribution < -0.4 is 5.43 Å². The predicted octanol–water partition coefficient (Wildman–Crippen LogP) is 5.01. The van der Waals surface area contributed by atoms with E-state index in [1.807, 2.05) is 66.9 Å². The third-order valence-corrected chi connectivity index (χ3v) is 5.77. The third kappa shape index (κ3) is 5.68. The average molecular weight is 493 g/mol. The third-order valence-electron chi connectivity index (χ3n) is 4.06. The predicted molar refractivity (Wildman–Crippen MR) is 121 cm³/mol. The fourth-order valence-corrected chi connectivity index (χ4v) is 3.90. The van der Waals surface area contributed by atoms with E-state index in [0.29, 0.717) is 16.7 Å². The second kappa shape index (κ2) is 10.0. The van der Waals surface area contributed by atoms with Crippen molar-refractivity contribution in [3.8, 4) is 11.4 Å². The largest absolute Gasteiger partial charge is 0.302 e. The van der Waals surface area contributed by atoms with Crippen LogP contribution in [0.3, 0.4) is 0 Å². The molecule has 0 aliphatic carbocycles. The fourth-order valence-electron chi connectivity index (χ4n) is 2.58. The molecule has 1 N–H and O–H groups in total. The number of aromatic nitrogens is 3. The number of amides is 1. The monoisotopic (exact) mass is 491 g/mol. The van der Waals surface area contributed by atoms with E-state index >= 15 is 0 Å². The molecule has 0 saturated heterocycles. The van der Waals surface area contributed by atoms with Crippen molar-refractivity contribution in [1.29, 1.82) is 0 Å². The first-order valence-corrected chi connectivity index (χ1v) is 11.0. The Morgan fingerprint density at radius 2 is 2.00 bits per heavy atom. The van der Waals surface area contributed by atoms with Crippen LogP contribution in [0.4, 0.5) is 0 Å². The minimum atomic E-state index is -0.206. The average Bonchev–Trinajstić information content (AvgIpc) is 3.14. The standard InChI is InChI=1S/C20H19BrClN5OS/c1-3-27-19(14-7-9-17(22)10-8-14)25-26-20(27)29-12-18(28)24-23-13(2)15-5-4-6-16(21)11-15/h4-11H,3,12H2,1-2H3,(H,24,28). The van der Waals surface area contributed by atoms with Crippen molar-refractivity contribution in [1.82, 2.24) is 20.2 Å². The zero-order valence-electron chi connectivity index (χ0n) is 15.9. The van der Waals surface area contributed by atoms with E-state index in [9.17, 15) is 4.79 Å². The van der Waals surface area contributed by atoms with Gasteiger partial charge < -0.3 is 4.57 Å². The summed E-state index contributed by atoms with van der Waals surface area (Å²) in [4.78, 5) is 12.2. The van der Waals surface area contributed by atoms with E-state index in [4.69, 9.17) is 11.6 Å². The van der Waals surface area contributed by atoms with Crippen LogP contribution in [0.15, 0.2) is 63.3 Å². The number of nitrogens with one attached hydrogen (secondary N) is 1. The van der Waals surface area contributed by atoms with Gasteiger partial charge in [0.25, 0.3) is 5.91 Å². The van der Waals surface area contributed by atoms with Crippen molar-refractivity contribution in [2.24, 2.45) is 5.10 Å². The lowest BCUT2D eigenvalue weighted by molar-refractivity contribution is -0.118. The lowest BCUT2D eigenvalue weighted by Crippen LogP contribution is -2.21. The van der Waals surface area contributed by atoms with E-state index in [2.05, 4.69) is 36.7 Å². The van der Waals surface area contributed by atoms with Crippen LogP contribution in [-0.4, -0.2) is 32.1 Å². The molecule has 0 saturated carbocycles. The van der Waals surface area contributed by atoms with E-state index in [1.54, 1.807) is 0 Å². The van der Waals surface area contributed by atoms with E-state index in [-0.39, 0.29) is 11.7 Å². The summed E-state index contributed by atoms with van der Waals surface area (Å²) in [6, 6.07) is 15.2. The van der Waals surface area contributed by atoms with Crippen LogP contribution in [0.25, 0.3) is 11.4 Å². The molecule has 3 rings (SSSR count). The van der Waals surface area contributed by atoms with Crippen molar-refractivity contribution in [2.45, 2.75) is 25.5 Å². The van der Waals surface area contributed by atoms with Crippen molar-refractivity contribution in [3.63, 3.8) is 0 Å². The van der Waals surface area contributed by atoms with Gasteiger partial charge in [-0.1, -0.05) is 51.4 Å². The van der Waals surface area contributed by atoms with Crippen LogP contribution in [0, 0.1) is 0 Å². The van der Waals surface area contributed by atoms with Gasteiger partial charge in [0.05, 0.1) is 11.5 Å². The number of hydrogen-bond donors (Lipinski definition) is 1. The van der Waals surface area contributed by atoms with Crippen LogP contribution >= 0.6 is 39.3 Å². The highest BCUT2D eigenvalue weighted by Crippen LogP contribution is 2.25. The van der Waals surface area contributed by atoms with Crippen LogP contribution in [0.5, 0.6) is 0 Å². The molecule has 9 heteroatoms. The van der Waals surface area contributed by atoms with Crippen LogP contribution in [0.2, 0.25) is 5.02 Å². The lowest BCUT2D eigenvalue weighted by atomic mass is 10.1. The van der Waals surface area contributed by atoms with Gasteiger partial charge in [0, 0.05) is 21.6 Å². The zero-order valence-corrected chi connectivity index (χ0v) is 19.1. The molecule has 0 atom stereocenters. The number of carbonyl (C=O) groups excluding carboxylic acids is 1. The molecule has 0 unspecified atom stereocenters. The number of thioether (sulfide) groups is 1. The SMILES string of the molecule is CCn1c(SCC(=O)NN=C(C)c2cccc(Br)c2)nnc1-c1ccc(Cl)cc1. The number of rotatable bonds is 7. The Morgan fingerprint density at radius 3 is 2.69 bits per heavy atom. The van der Waals surface area contributed by atoms with E-state index < -0.39 is 0 Å². The minimum absolute atomic E-state index is 0.189. The number of halogens is 2. The Morgan fingerprint density at radius 1 is 1.24 bits per heavy atom. The molecule has 0 spiro atoms. The van der Waals surface area contributed by atoms with Gasteiger partial charge in [0.15, 0.2) is 11.0 Å². The molecular weight excluding hydrogens is 474 g/mol. The molecule has 150 valence electrons. The molecule has 1 amide bonds. The highest BCUT2D eigenvalue weighted by molar-refractivity contribution is 9.10. The highest BCUT2D eigenvalue weighted by Gasteiger charge is 2.14. The van der Waals surface area contributed by atoms with Gasteiger partial charge in [0.2, 0.25) is 0 Å². The summed E-state index contributed by atoms with van der Waals surface area (Å²) in [6.45, 7) is 4.55. The smallest absolute Gasteiger partial charge is 0.250 e. The molecule has 3 aromatic rings. The summed E-state index contributed by atoms with van der Waals surface area (Å²) in [5.41, 5.74) is 5.18. The zero-order chi connectivity index (χ0) is 20.8. The first-order valence-electron chi connectivity index (χ1n) is 8.89. The maximum atomic E-state index is 12.2. The van der Waals surface area contributed by atoms with Crippen molar-refractivity contribution in [2.75, 3.05) is 5.75 Å². The molecule has 0 aliphatic heterocycles. The van der Waals surface area contributed by atoms with Gasteiger partial charge in [-0.2, -0.15) is 5.10 Å². The number of hydrogen-bond acceptors (Lipinski definition) is 5. The van der Waals surface area contributed by atoms with E-state index in [0.717, 1.165) is 27.1 Å².